The Morgan fingerprint density at radius 2 is 1.81 bits per heavy atom. The monoisotopic (exact) mass is 412 g/mol. The largest absolute Gasteiger partial charge is 0.497 e. The summed E-state index contributed by atoms with van der Waals surface area (Å²) >= 11 is 0. The van der Waals surface area contributed by atoms with Crippen molar-refractivity contribution in [3.63, 3.8) is 0 Å². The van der Waals surface area contributed by atoms with E-state index in [2.05, 4.69) is 32.7 Å². The second-order valence-corrected chi connectivity index (χ2v) is 7.02. The second-order valence-electron chi connectivity index (χ2n) is 7.02. The number of hydrogen-bond acceptors (Lipinski definition) is 3. The minimum atomic E-state index is -0.221. The van der Waals surface area contributed by atoms with Gasteiger partial charge in [-0.05, 0) is 42.3 Å². The summed E-state index contributed by atoms with van der Waals surface area (Å²) in [6, 6.07) is 24.7. The number of H-pyrrole nitrogens is 1. The first-order chi connectivity index (χ1) is 15.2. The maximum Gasteiger partial charge on any atom is 0.257 e. The number of nitrogens with zero attached hydrogens (tertiary/aromatic N) is 1. The van der Waals surface area contributed by atoms with Crippen molar-refractivity contribution in [3.05, 3.63) is 96.2 Å². The summed E-state index contributed by atoms with van der Waals surface area (Å²) in [6.07, 6.45) is 2.76. The Bertz CT molecular complexity index is 1200. The van der Waals surface area contributed by atoms with E-state index in [1.54, 1.807) is 19.2 Å². The van der Waals surface area contributed by atoms with E-state index in [9.17, 15) is 4.79 Å². The number of amides is 1. The van der Waals surface area contributed by atoms with Crippen molar-refractivity contribution in [1.29, 1.82) is 0 Å². The molecule has 6 nitrogen and oxygen atoms in total. The molecule has 3 N–H and O–H groups in total. The highest BCUT2D eigenvalue weighted by Gasteiger charge is 2.10. The van der Waals surface area contributed by atoms with Crippen molar-refractivity contribution in [2.45, 2.75) is 6.42 Å². The number of ether oxygens (including phenoxy) is 1. The number of carbonyl (C=O) groups is 1. The molecule has 0 aliphatic carbocycles. The van der Waals surface area contributed by atoms with E-state index < -0.39 is 0 Å². The Morgan fingerprint density at radius 3 is 2.65 bits per heavy atom. The molecule has 0 saturated heterocycles. The highest BCUT2D eigenvalue weighted by atomic mass is 16.5. The van der Waals surface area contributed by atoms with Crippen LogP contribution in [-0.4, -0.2) is 30.5 Å². The zero-order chi connectivity index (χ0) is 21.5. The predicted molar refractivity (Wildman–Crippen MR) is 125 cm³/mol. The van der Waals surface area contributed by atoms with E-state index in [4.69, 9.17) is 4.74 Å². The number of hydrogen-bond donors (Lipinski definition) is 3. The maximum atomic E-state index is 12.7. The molecule has 0 radical (unpaired) electrons. The molecule has 1 aromatic heterocycles. The normalized spacial score (nSPS) is 11.3. The Labute approximate surface area is 181 Å². The minimum Gasteiger partial charge on any atom is -0.497 e. The standard InChI is InChI=1S/C25H24N4O2/c1-31-21-11-7-10-20(16-21)28-25(29-24(30)18-8-3-2-4-9-18)26-15-14-19-17-27-23-13-6-5-12-22(19)23/h2-13,16-17,27H,14-15H2,1H3,(H2,26,28,29,30). The Balaban J connectivity index is 1.52. The number of guanidine groups is 1. The molecule has 0 fully saturated rings. The van der Waals surface area contributed by atoms with Gasteiger partial charge in [0, 0.05) is 41.0 Å². The van der Waals surface area contributed by atoms with Crippen molar-refractivity contribution in [1.82, 2.24) is 10.3 Å². The molecule has 4 aromatic rings. The number of aliphatic imine (C=N–C) groups is 1. The number of benzene rings is 3. The van der Waals surface area contributed by atoms with Crippen LogP contribution in [0.5, 0.6) is 5.75 Å². The molecule has 1 amide bonds. The van der Waals surface area contributed by atoms with Gasteiger partial charge in [0.1, 0.15) is 5.75 Å². The number of para-hydroxylation sites is 1. The molecular weight excluding hydrogens is 388 g/mol. The number of aromatic amines is 1. The van der Waals surface area contributed by atoms with E-state index in [1.165, 1.54) is 10.9 Å². The van der Waals surface area contributed by atoms with Crippen LogP contribution >= 0.6 is 0 Å². The van der Waals surface area contributed by atoms with Crippen LogP contribution in [0.15, 0.2) is 90.1 Å². The minimum absolute atomic E-state index is 0.221. The second kappa shape index (κ2) is 9.63. The van der Waals surface area contributed by atoms with E-state index in [0.717, 1.165) is 23.4 Å². The Kier molecular flexibility index (Phi) is 6.28. The number of carbonyl (C=O) groups excluding carboxylic acids is 1. The molecule has 4 rings (SSSR count). The average molecular weight is 412 g/mol. The molecule has 31 heavy (non-hydrogen) atoms. The molecule has 0 spiro atoms. The van der Waals surface area contributed by atoms with Gasteiger partial charge in [-0.2, -0.15) is 0 Å². The molecule has 1 heterocycles. The molecule has 0 aliphatic heterocycles. The van der Waals surface area contributed by atoms with Gasteiger partial charge in [-0.1, -0.05) is 42.5 Å². The van der Waals surface area contributed by atoms with Crippen LogP contribution < -0.4 is 15.4 Å². The summed E-state index contributed by atoms with van der Waals surface area (Å²) in [7, 11) is 1.62. The Morgan fingerprint density at radius 1 is 1.00 bits per heavy atom. The first kappa shape index (κ1) is 20.2. The van der Waals surface area contributed by atoms with Crippen molar-refractivity contribution < 1.29 is 9.53 Å². The van der Waals surface area contributed by atoms with Crippen LogP contribution in [0.25, 0.3) is 10.9 Å². The number of aromatic nitrogens is 1. The smallest absolute Gasteiger partial charge is 0.257 e. The van der Waals surface area contributed by atoms with E-state index >= 15 is 0 Å². The summed E-state index contributed by atoms with van der Waals surface area (Å²) in [5.41, 5.74) is 3.64. The van der Waals surface area contributed by atoms with E-state index in [1.807, 2.05) is 60.8 Å². The first-order valence-corrected chi connectivity index (χ1v) is 10.1. The van der Waals surface area contributed by atoms with Crippen molar-refractivity contribution in [2.24, 2.45) is 4.99 Å². The number of rotatable bonds is 6. The number of methoxy groups -OCH3 is 1. The summed E-state index contributed by atoms with van der Waals surface area (Å²) in [5.74, 6) is 0.890. The van der Waals surface area contributed by atoms with Gasteiger partial charge < -0.3 is 15.0 Å². The van der Waals surface area contributed by atoms with Crippen LogP contribution in [0.4, 0.5) is 5.69 Å². The van der Waals surface area contributed by atoms with Crippen LogP contribution in [0.1, 0.15) is 15.9 Å². The summed E-state index contributed by atoms with van der Waals surface area (Å²) in [4.78, 5) is 20.6. The molecule has 0 saturated carbocycles. The summed E-state index contributed by atoms with van der Waals surface area (Å²) < 4.78 is 5.29. The third-order valence-electron chi connectivity index (χ3n) is 4.93. The van der Waals surface area contributed by atoms with Gasteiger partial charge in [0.2, 0.25) is 5.96 Å². The lowest BCUT2D eigenvalue weighted by atomic mass is 10.1. The SMILES string of the molecule is COc1cccc(NC(=NCCc2c[nH]c3ccccc23)NC(=O)c2ccccc2)c1. The lowest BCUT2D eigenvalue weighted by Gasteiger charge is -2.12. The van der Waals surface area contributed by atoms with Crippen molar-refractivity contribution >= 4 is 28.5 Å². The van der Waals surface area contributed by atoms with Gasteiger partial charge in [-0.3, -0.25) is 15.1 Å². The maximum absolute atomic E-state index is 12.7. The van der Waals surface area contributed by atoms with Crippen molar-refractivity contribution in [2.75, 3.05) is 19.0 Å². The number of nitrogens with one attached hydrogen (secondary N) is 3. The van der Waals surface area contributed by atoms with E-state index in [-0.39, 0.29) is 5.91 Å². The Hall–Kier alpha value is -4.06. The third kappa shape index (κ3) is 5.11. The summed E-state index contributed by atoms with van der Waals surface area (Å²) in [6.45, 7) is 0.517. The third-order valence-corrected chi connectivity index (χ3v) is 4.93. The van der Waals surface area contributed by atoms with Gasteiger partial charge in [0.15, 0.2) is 0 Å². The number of fused-ring (bicyclic) bond motifs is 1. The fourth-order valence-electron chi connectivity index (χ4n) is 3.34. The zero-order valence-electron chi connectivity index (χ0n) is 17.3. The highest BCUT2D eigenvalue weighted by Crippen LogP contribution is 2.19. The topological polar surface area (TPSA) is 78.5 Å². The number of anilines is 1. The van der Waals surface area contributed by atoms with Gasteiger partial charge in [-0.15, -0.1) is 0 Å². The molecular formula is C25H24N4O2. The van der Waals surface area contributed by atoms with Crippen LogP contribution in [0.2, 0.25) is 0 Å². The van der Waals surface area contributed by atoms with Gasteiger partial charge >= 0.3 is 0 Å². The van der Waals surface area contributed by atoms with Gasteiger partial charge in [0.05, 0.1) is 7.11 Å². The molecule has 0 unspecified atom stereocenters. The highest BCUT2D eigenvalue weighted by molar-refractivity contribution is 6.10. The lowest BCUT2D eigenvalue weighted by Crippen LogP contribution is -2.36. The van der Waals surface area contributed by atoms with Crippen LogP contribution in [-0.2, 0) is 6.42 Å². The van der Waals surface area contributed by atoms with Gasteiger partial charge in [-0.25, -0.2) is 0 Å². The zero-order valence-corrected chi connectivity index (χ0v) is 17.3. The molecule has 0 atom stereocenters. The molecule has 0 bridgehead atoms. The quantitative estimate of drug-likeness (QED) is 0.319. The van der Waals surface area contributed by atoms with Crippen LogP contribution in [0, 0.1) is 0 Å². The first-order valence-electron chi connectivity index (χ1n) is 10.1. The molecule has 6 heteroatoms. The lowest BCUT2D eigenvalue weighted by molar-refractivity contribution is 0.0977. The molecule has 156 valence electrons. The van der Waals surface area contributed by atoms with Crippen molar-refractivity contribution in [3.8, 4) is 5.75 Å². The predicted octanol–water partition coefficient (Wildman–Crippen LogP) is 4.62. The van der Waals surface area contributed by atoms with E-state index in [0.29, 0.717) is 18.1 Å². The molecule has 3 aromatic carbocycles. The fourth-order valence-corrected chi connectivity index (χ4v) is 3.34. The summed E-state index contributed by atoms with van der Waals surface area (Å²) in [5, 5.41) is 7.28. The van der Waals surface area contributed by atoms with Crippen LogP contribution in [0.3, 0.4) is 0 Å². The van der Waals surface area contributed by atoms with Gasteiger partial charge in [0.25, 0.3) is 5.91 Å². The fraction of sp³-hybridized carbons (Fsp3) is 0.120. The average Bonchev–Trinajstić information content (AvgIpc) is 3.23. The molecule has 0 aliphatic rings.